The molecule has 1 aromatic rings. The number of hydrogen-bond acceptors (Lipinski definition) is 5. The van der Waals surface area contributed by atoms with E-state index in [1.165, 1.54) is 0 Å². The van der Waals surface area contributed by atoms with Crippen LogP contribution in [0, 0.1) is 5.92 Å². The van der Waals surface area contributed by atoms with Gasteiger partial charge in [-0.2, -0.15) is 11.8 Å². The number of ether oxygens (including phenoxy) is 1. The van der Waals surface area contributed by atoms with Crippen molar-refractivity contribution in [3.63, 3.8) is 0 Å². The average molecular weight is 230 g/mol. The Morgan fingerprint density at radius 3 is 3.13 bits per heavy atom. The molecule has 0 aliphatic rings. The summed E-state index contributed by atoms with van der Waals surface area (Å²) in [5.74, 6) is 3.26. The monoisotopic (exact) mass is 230 g/mol. The molecule has 1 aromatic heterocycles. The summed E-state index contributed by atoms with van der Waals surface area (Å²) in [5.41, 5.74) is 6.50. The minimum atomic E-state index is 0.483. The first kappa shape index (κ1) is 12.5. The van der Waals surface area contributed by atoms with Gasteiger partial charge < -0.3 is 15.0 Å². The minimum absolute atomic E-state index is 0.483. The Morgan fingerprint density at radius 2 is 2.47 bits per heavy atom. The first-order chi connectivity index (χ1) is 7.26. The number of methoxy groups -OCH3 is 1. The number of nitrogens with two attached hydrogens (primary N) is 1. The number of thioether (sulfide) groups is 1. The highest BCUT2D eigenvalue weighted by Crippen LogP contribution is 2.15. The second-order valence-electron chi connectivity index (χ2n) is 3.57. The fourth-order valence-electron chi connectivity index (χ4n) is 1.07. The smallest absolute Gasteiger partial charge is 0.162 e. The van der Waals surface area contributed by atoms with E-state index in [9.17, 15) is 0 Å². The first-order valence-corrected chi connectivity index (χ1v) is 6.13. The molecule has 0 aliphatic carbocycles. The Kier molecular flexibility index (Phi) is 5.75. The Morgan fingerprint density at radius 1 is 1.67 bits per heavy atom. The Balaban J connectivity index is 2.25. The first-order valence-electron chi connectivity index (χ1n) is 4.97. The van der Waals surface area contributed by atoms with E-state index < -0.39 is 0 Å². The van der Waals surface area contributed by atoms with Crippen LogP contribution in [-0.4, -0.2) is 24.6 Å². The van der Waals surface area contributed by atoms with Gasteiger partial charge in [-0.3, -0.25) is 0 Å². The molecule has 1 rings (SSSR count). The maximum Gasteiger partial charge on any atom is 0.162 e. The van der Waals surface area contributed by atoms with Gasteiger partial charge in [-0.1, -0.05) is 12.1 Å². The van der Waals surface area contributed by atoms with Gasteiger partial charge in [0.1, 0.15) is 6.61 Å². The lowest BCUT2D eigenvalue weighted by atomic mass is 10.2. The molecule has 86 valence electrons. The van der Waals surface area contributed by atoms with E-state index >= 15 is 0 Å². The predicted molar refractivity (Wildman–Crippen MR) is 61.6 cm³/mol. The lowest BCUT2D eigenvalue weighted by Gasteiger charge is -2.05. The Hall–Kier alpha value is -0.520. The molecule has 0 saturated carbocycles. The highest BCUT2D eigenvalue weighted by molar-refractivity contribution is 7.98. The molecule has 0 radical (unpaired) electrons. The molecule has 1 heterocycles. The molecule has 0 aliphatic heterocycles. The molecule has 15 heavy (non-hydrogen) atoms. The quantitative estimate of drug-likeness (QED) is 0.771. The zero-order valence-corrected chi connectivity index (χ0v) is 10.0. The highest BCUT2D eigenvalue weighted by atomic mass is 32.2. The van der Waals surface area contributed by atoms with E-state index in [-0.39, 0.29) is 0 Å². The van der Waals surface area contributed by atoms with Gasteiger partial charge in [0.15, 0.2) is 5.76 Å². The molecule has 0 spiro atoms. The molecule has 0 aromatic carbocycles. The van der Waals surface area contributed by atoms with Crippen LogP contribution in [-0.2, 0) is 17.1 Å². The van der Waals surface area contributed by atoms with E-state index in [2.05, 4.69) is 12.1 Å². The van der Waals surface area contributed by atoms with Crippen molar-refractivity contribution in [3.8, 4) is 0 Å². The van der Waals surface area contributed by atoms with Gasteiger partial charge in [-0.25, -0.2) is 0 Å². The van der Waals surface area contributed by atoms with Crippen LogP contribution in [0.1, 0.15) is 18.4 Å². The summed E-state index contributed by atoms with van der Waals surface area (Å²) < 4.78 is 10.0. The third kappa shape index (κ3) is 4.68. The standard InChI is InChI=1S/C10H18N2O2S/c1-8(4-11)6-15-7-9-3-10(5-13-2)14-12-9/h3,8H,4-7,11H2,1-2H3. The maximum atomic E-state index is 5.53. The number of aromatic nitrogens is 1. The molecule has 5 heteroatoms. The van der Waals surface area contributed by atoms with Crippen LogP contribution in [0.4, 0.5) is 0 Å². The SMILES string of the molecule is COCc1cc(CSCC(C)CN)no1. The lowest BCUT2D eigenvalue weighted by Crippen LogP contribution is -2.12. The Labute approximate surface area is 94.5 Å². The minimum Gasteiger partial charge on any atom is -0.377 e. The Bertz CT molecular complexity index is 278. The molecule has 1 unspecified atom stereocenters. The zero-order chi connectivity index (χ0) is 11.1. The van der Waals surface area contributed by atoms with Crippen molar-refractivity contribution in [1.82, 2.24) is 5.16 Å². The predicted octanol–water partition coefficient (Wildman–Crippen LogP) is 1.65. The van der Waals surface area contributed by atoms with Gasteiger partial charge in [-0.05, 0) is 18.2 Å². The molecule has 0 bridgehead atoms. The van der Waals surface area contributed by atoms with E-state index in [1.54, 1.807) is 7.11 Å². The summed E-state index contributed by atoms with van der Waals surface area (Å²) in [6, 6.07) is 1.93. The second kappa shape index (κ2) is 6.87. The van der Waals surface area contributed by atoms with Crippen LogP contribution in [0.5, 0.6) is 0 Å². The van der Waals surface area contributed by atoms with Crippen molar-refractivity contribution in [2.75, 3.05) is 19.4 Å². The molecular formula is C10H18N2O2S. The van der Waals surface area contributed by atoms with Crippen LogP contribution in [0.3, 0.4) is 0 Å². The van der Waals surface area contributed by atoms with Crippen molar-refractivity contribution in [2.45, 2.75) is 19.3 Å². The normalized spacial score (nSPS) is 13.0. The summed E-state index contributed by atoms with van der Waals surface area (Å²) in [7, 11) is 1.64. The average Bonchev–Trinajstić information content (AvgIpc) is 2.66. The van der Waals surface area contributed by atoms with Crippen LogP contribution in [0.2, 0.25) is 0 Å². The lowest BCUT2D eigenvalue weighted by molar-refractivity contribution is 0.156. The van der Waals surface area contributed by atoms with Gasteiger partial charge in [0.25, 0.3) is 0 Å². The molecule has 0 saturated heterocycles. The van der Waals surface area contributed by atoms with Crippen molar-refractivity contribution < 1.29 is 9.26 Å². The highest BCUT2D eigenvalue weighted by Gasteiger charge is 2.05. The van der Waals surface area contributed by atoms with Crippen molar-refractivity contribution >= 4 is 11.8 Å². The third-order valence-electron chi connectivity index (χ3n) is 1.95. The topological polar surface area (TPSA) is 61.3 Å². The molecule has 2 N–H and O–H groups in total. The summed E-state index contributed by atoms with van der Waals surface area (Å²) in [6.45, 7) is 3.36. The fraction of sp³-hybridized carbons (Fsp3) is 0.700. The van der Waals surface area contributed by atoms with Gasteiger partial charge in [0, 0.05) is 18.9 Å². The number of nitrogens with zero attached hydrogens (tertiary/aromatic N) is 1. The summed E-state index contributed by atoms with van der Waals surface area (Å²) >= 11 is 1.83. The largest absolute Gasteiger partial charge is 0.377 e. The van der Waals surface area contributed by atoms with Gasteiger partial charge >= 0.3 is 0 Å². The van der Waals surface area contributed by atoms with E-state index in [1.807, 2.05) is 17.8 Å². The molecular weight excluding hydrogens is 212 g/mol. The maximum absolute atomic E-state index is 5.53. The summed E-state index contributed by atoms with van der Waals surface area (Å²) in [5, 5.41) is 3.95. The van der Waals surface area contributed by atoms with Crippen molar-refractivity contribution in [2.24, 2.45) is 11.7 Å². The molecule has 0 fully saturated rings. The van der Waals surface area contributed by atoms with Gasteiger partial charge in [0.2, 0.25) is 0 Å². The summed E-state index contributed by atoms with van der Waals surface area (Å²) in [6.07, 6.45) is 0. The summed E-state index contributed by atoms with van der Waals surface area (Å²) in [4.78, 5) is 0. The van der Waals surface area contributed by atoms with Crippen molar-refractivity contribution in [1.29, 1.82) is 0 Å². The molecule has 1 atom stereocenters. The van der Waals surface area contributed by atoms with Crippen LogP contribution in [0.25, 0.3) is 0 Å². The molecule has 0 amide bonds. The van der Waals surface area contributed by atoms with E-state index in [0.29, 0.717) is 12.5 Å². The molecule has 4 nitrogen and oxygen atoms in total. The van der Waals surface area contributed by atoms with Crippen molar-refractivity contribution in [3.05, 3.63) is 17.5 Å². The van der Waals surface area contributed by atoms with Gasteiger partial charge in [-0.15, -0.1) is 0 Å². The zero-order valence-electron chi connectivity index (χ0n) is 9.23. The van der Waals surface area contributed by atoms with Crippen LogP contribution >= 0.6 is 11.8 Å². The second-order valence-corrected chi connectivity index (χ2v) is 4.60. The third-order valence-corrected chi connectivity index (χ3v) is 3.25. The van der Waals surface area contributed by atoms with Gasteiger partial charge in [0.05, 0.1) is 5.69 Å². The number of rotatable bonds is 7. The van der Waals surface area contributed by atoms with Crippen LogP contribution in [0.15, 0.2) is 10.6 Å². The van der Waals surface area contributed by atoms with E-state index in [0.717, 1.165) is 29.5 Å². The fourth-order valence-corrected chi connectivity index (χ4v) is 2.07. The number of hydrogen-bond donors (Lipinski definition) is 1. The van der Waals surface area contributed by atoms with E-state index in [4.69, 9.17) is 15.0 Å². The van der Waals surface area contributed by atoms with Crippen LogP contribution < -0.4 is 5.73 Å².